The Balaban J connectivity index is 1.94. The number of methoxy groups -OCH3 is 1. The van der Waals surface area contributed by atoms with Crippen molar-refractivity contribution >= 4 is 18.0 Å². The molecule has 1 aliphatic heterocycles. The molecule has 8 heteroatoms. The van der Waals surface area contributed by atoms with Gasteiger partial charge in [0.25, 0.3) is 0 Å². The lowest BCUT2D eigenvalue weighted by Crippen LogP contribution is -2.52. The van der Waals surface area contributed by atoms with Crippen molar-refractivity contribution in [2.24, 2.45) is 0 Å². The maximum absolute atomic E-state index is 13.0. The Kier molecular flexibility index (Phi) is 7.14. The van der Waals surface area contributed by atoms with Crippen LogP contribution in [0, 0.1) is 0 Å². The second-order valence-electron chi connectivity index (χ2n) is 7.12. The van der Waals surface area contributed by atoms with Crippen molar-refractivity contribution in [3.63, 3.8) is 0 Å². The molecule has 0 fully saturated rings. The fourth-order valence-electron chi connectivity index (χ4n) is 3.56. The first-order valence-corrected chi connectivity index (χ1v) is 10.2. The maximum Gasteiger partial charge on any atom is 0.340 e. The summed E-state index contributed by atoms with van der Waals surface area (Å²) < 4.78 is 15.9. The molecule has 2 amide bonds. The van der Waals surface area contributed by atoms with Crippen LogP contribution in [0.2, 0.25) is 0 Å². The molecule has 168 valence electrons. The van der Waals surface area contributed by atoms with Crippen molar-refractivity contribution in [3.05, 3.63) is 77.0 Å². The first-order valence-electron chi connectivity index (χ1n) is 10.2. The van der Waals surface area contributed by atoms with Crippen LogP contribution in [0.25, 0.3) is 0 Å². The zero-order chi connectivity index (χ0) is 23.3. The molecule has 0 aromatic heterocycles. The predicted molar refractivity (Wildman–Crippen MR) is 117 cm³/mol. The largest absolute Gasteiger partial charge is 0.497 e. The number of rotatable bonds is 7. The fourth-order valence-corrected chi connectivity index (χ4v) is 3.56. The van der Waals surface area contributed by atoms with Gasteiger partial charge in [-0.1, -0.05) is 30.3 Å². The highest BCUT2D eigenvalue weighted by Crippen LogP contribution is 2.33. The van der Waals surface area contributed by atoms with Gasteiger partial charge in [-0.3, -0.25) is 4.90 Å². The van der Waals surface area contributed by atoms with Gasteiger partial charge in [-0.25, -0.2) is 14.4 Å². The Morgan fingerprint density at radius 2 is 1.72 bits per heavy atom. The minimum Gasteiger partial charge on any atom is -0.497 e. The highest BCUT2D eigenvalue weighted by atomic mass is 16.6. The molecule has 2 aromatic carbocycles. The first kappa shape index (κ1) is 22.9. The zero-order valence-corrected chi connectivity index (χ0v) is 18.5. The summed E-state index contributed by atoms with van der Waals surface area (Å²) in [6.07, 6.45) is -0.955. The minimum atomic E-state index is -0.955. The standard InChI is InChI=1S/C24H26N2O6/c1-5-31-23(28)20-15(2)26(16(3)32-22(27)18-9-7-6-8-10-18)24(29)25-21(20)17-11-13-19(30-4)14-12-17/h6-14,16,21H,5H2,1-4H3,(H,25,29). The van der Waals surface area contributed by atoms with Crippen LogP contribution in [-0.2, 0) is 14.3 Å². The van der Waals surface area contributed by atoms with E-state index in [1.165, 1.54) is 4.90 Å². The fraction of sp³-hybridized carbons (Fsp3) is 0.292. The minimum absolute atomic E-state index is 0.178. The molecule has 0 saturated carbocycles. The van der Waals surface area contributed by atoms with Crippen LogP contribution in [0.15, 0.2) is 65.9 Å². The van der Waals surface area contributed by atoms with Crippen molar-refractivity contribution < 1.29 is 28.6 Å². The van der Waals surface area contributed by atoms with E-state index in [-0.39, 0.29) is 12.2 Å². The molecule has 2 aromatic rings. The SMILES string of the molecule is CCOC(=O)C1=C(C)N(C(C)OC(=O)c2ccccc2)C(=O)NC1c1ccc(OC)cc1. The second-order valence-corrected chi connectivity index (χ2v) is 7.12. The van der Waals surface area contributed by atoms with E-state index in [4.69, 9.17) is 14.2 Å². The summed E-state index contributed by atoms with van der Waals surface area (Å²) in [5, 5.41) is 2.83. The van der Waals surface area contributed by atoms with Crippen molar-refractivity contribution in [2.45, 2.75) is 33.0 Å². The van der Waals surface area contributed by atoms with Gasteiger partial charge in [-0.15, -0.1) is 0 Å². The van der Waals surface area contributed by atoms with Gasteiger partial charge in [0.2, 0.25) is 0 Å². The summed E-state index contributed by atoms with van der Waals surface area (Å²) in [5.41, 5.74) is 1.66. The Labute approximate surface area is 186 Å². The lowest BCUT2D eigenvalue weighted by atomic mass is 9.94. The number of ether oxygens (including phenoxy) is 3. The molecule has 0 bridgehead atoms. The molecular weight excluding hydrogens is 412 g/mol. The van der Waals surface area contributed by atoms with Gasteiger partial charge >= 0.3 is 18.0 Å². The lowest BCUT2D eigenvalue weighted by molar-refractivity contribution is -0.139. The third-order valence-electron chi connectivity index (χ3n) is 5.12. The van der Waals surface area contributed by atoms with Gasteiger partial charge in [0.1, 0.15) is 5.75 Å². The average Bonchev–Trinajstić information content (AvgIpc) is 2.79. The second kappa shape index (κ2) is 10.00. The molecule has 0 spiro atoms. The summed E-state index contributed by atoms with van der Waals surface area (Å²) in [7, 11) is 1.56. The molecular formula is C24H26N2O6. The molecule has 0 radical (unpaired) electrons. The number of carbonyl (C=O) groups excluding carboxylic acids is 3. The van der Waals surface area contributed by atoms with Gasteiger partial charge < -0.3 is 19.5 Å². The topological polar surface area (TPSA) is 94.2 Å². The smallest absolute Gasteiger partial charge is 0.340 e. The third-order valence-corrected chi connectivity index (χ3v) is 5.12. The molecule has 1 aliphatic rings. The van der Waals surface area contributed by atoms with E-state index in [1.807, 2.05) is 0 Å². The number of nitrogens with one attached hydrogen (secondary N) is 1. The number of esters is 2. The molecule has 0 saturated heterocycles. The number of hydrogen-bond donors (Lipinski definition) is 1. The normalized spacial score (nSPS) is 16.8. The highest BCUT2D eigenvalue weighted by molar-refractivity contribution is 5.95. The monoisotopic (exact) mass is 438 g/mol. The van der Waals surface area contributed by atoms with Gasteiger partial charge in [0.15, 0.2) is 6.23 Å². The Hall–Kier alpha value is -3.81. The number of urea groups is 1. The molecule has 2 unspecified atom stereocenters. The van der Waals surface area contributed by atoms with Crippen LogP contribution >= 0.6 is 0 Å². The predicted octanol–water partition coefficient (Wildman–Crippen LogP) is 3.80. The van der Waals surface area contributed by atoms with Crippen LogP contribution in [0.4, 0.5) is 4.79 Å². The van der Waals surface area contributed by atoms with E-state index in [0.717, 1.165) is 0 Å². The molecule has 8 nitrogen and oxygen atoms in total. The summed E-state index contributed by atoms with van der Waals surface area (Å²) in [4.78, 5) is 39.6. The van der Waals surface area contributed by atoms with Gasteiger partial charge in [0, 0.05) is 5.70 Å². The van der Waals surface area contributed by atoms with Crippen LogP contribution < -0.4 is 10.1 Å². The molecule has 2 atom stereocenters. The summed E-state index contributed by atoms with van der Waals surface area (Å²) >= 11 is 0. The van der Waals surface area contributed by atoms with Gasteiger partial charge in [-0.05, 0) is 50.6 Å². The van der Waals surface area contributed by atoms with E-state index >= 15 is 0 Å². The molecule has 32 heavy (non-hydrogen) atoms. The Morgan fingerprint density at radius 3 is 2.31 bits per heavy atom. The van der Waals surface area contributed by atoms with Gasteiger partial charge in [-0.2, -0.15) is 0 Å². The number of hydrogen-bond acceptors (Lipinski definition) is 6. The molecule has 1 heterocycles. The Bertz CT molecular complexity index is 1020. The van der Waals surface area contributed by atoms with Crippen molar-refractivity contribution in [3.8, 4) is 5.75 Å². The zero-order valence-electron chi connectivity index (χ0n) is 18.5. The Morgan fingerprint density at radius 1 is 1.06 bits per heavy atom. The molecule has 0 aliphatic carbocycles. The highest BCUT2D eigenvalue weighted by Gasteiger charge is 2.39. The van der Waals surface area contributed by atoms with E-state index in [0.29, 0.717) is 22.6 Å². The summed E-state index contributed by atoms with van der Waals surface area (Å²) in [6, 6.07) is 14.3. The van der Waals surface area contributed by atoms with E-state index in [2.05, 4.69) is 5.32 Å². The van der Waals surface area contributed by atoms with E-state index < -0.39 is 30.2 Å². The molecule has 3 rings (SSSR count). The van der Waals surface area contributed by atoms with Crippen LogP contribution in [0.3, 0.4) is 0 Å². The molecule has 1 N–H and O–H groups in total. The number of amides is 2. The van der Waals surface area contributed by atoms with Crippen LogP contribution in [-0.4, -0.2) is 42.8 Å². The van der Waals surface area contributed by atoms with Crippen LogP contribution in [0.1, 0.15) is 42.7 Å². The third kappa shape index (κ3) is 4.74. The maximum atomic E-state index is 13.0. The van der Waals surface area contributed by atoms with E-state index in [9.17, 15) is 14.4 Å². The van der Waals surface area contributed by atoms with Gasteiger partial charge in [0.05, 0.1) is 30.9 Å². The van der Waals surface area contributed by atoms with Crippen LogP contribution in [0.5, 0.6) is 5.75 Å². The van der Waals surface area contributed by atoms with Crippen molar-refractivity contribution in [1.82, 2.24) is 10.2 Å². The summed E-state index contributed by atoms with van der Waals surface area (Å²) in [5.74, 6) is -0.483. The van der Waals surface area contributed by atoms with Crippen molar-refractivity contribution in [2.75, 3.05) is 13.7 Å². The van der Waals surface area contributed by atoms with Crippen molar-refractivity contribution in [1.29, 1.82) is 0 Å². The number of carbonyl (C=O) groups is 3. The quantitative estimate of drug-likeness (QED) is 0.661. The lowest BCUT2D eigenvalue weighted by Gasteiger charge is -2.38. The van der Waals surface area contributed by atoms with E-state index in [1.54, 1.807) is 82.5 Å². The number of allylic oxidation sites excluding steroid dienone is 1. The average molecular weight is 438 g/mol. The number of nitrogens with zero attached hydrogens (tertiary/aromatic N) is 1. The first-order chi connectivity index (χ1) is 15.4. The summed E-state index contributed by atoms with van der Waals surface area (Å²) in [6.45, 7) is 5.09. The number of benzene rings is 2.